The highest BCUT2D eigenvalue weighted by atomic mass is 35.5. The third kappa shape index (κ3) is 3.54. The monoisotopic (exact) mass is 328 g/mol. The Morgan fingerprint density at radius 3 is 2.71 bits per heavy atom. The second-order valence-electron chi connectivity index (χ2n) is 4.76. The Kier molecular flexibility index (Phi) is 4.53. The lowest BCUT2D eigenvalue weighted by Crippen LogP contribution is -2.13. The molecule has 0 unspecified atom stereocenters. The third-order valence-corrected chi connectivity index (χ3v) is 4.61. The standard InChI is InChI=1S/C13H17ClN4O2S/c1-4-5-18-8-12(16-10(18)3)21(19,20)17-11-6-9(2)13(14)15-7-11/h6-8,17H,4-5H2,1-3H3. The summed E-state index contributed by atoms with van der Waals surface area (Å²) in [4.78, 5) is 8.02. The zero-order chi connectivity index (χ0) is 15.6. The summed E-state index contributed by atoms with van der Waals surface area (Å²) in [6.45, 7) is 6.29. The maximum atomic E-state index is 12.3. The van der Waals surface area contributed by atoms with E-state index in [1.807, 2.05) is 11.5 Å². The molecule has 0 aliphatic heterocycles. The van der Waals surface area contributed by atoms with E-state index >= 15 is 0 Å². The largest absolute Gasteiger partial charge is 0.334 e. The summed E-state index contributed by atoms with van der Waals surface area (Å²) in [7, 11) is -3.73. The van der Waals surface area contributed by atoms with E-state index < -0.39 is 10.0 Å². The topological polar surface area (TPSA) is 76.9 Å². The van der Waals surface area contributed by atoms with Gasteiger partial charge in [0.2, 0.25) is 0 Å². The molecule has 1 N–H and O–H groups in total. The van der Waals surface area contributed by atoms with Crippen molar-refractivity contribution in [3.05, 3.63) is 35.0 Å². The molecule has 0 atom stereocenters. The molecule has 8 heteroatoms. The van der Waals surface area contributed by atoms with E-state index in [9.17, 15) is 8.42 Å². The van der Waals surface area contributed by atoms with Crippen LogP contribution in [0.15, 0.2) is 23.5 Å². The number of aromatic nitrogens is 3. The number of hydrogen-bond donors (Lipinski definition) is 1. The summed E-state index contributed by atoms with van der Waals surface area (Å²) in [6, 6.07) is 1.63. The van der Waals surface area contributed by atoms with Gasteiger partial charge in [-0.15, -0.1) is 0 Å². The Morgan fingerprint density at radius 1 is 1.38 bits per heavy atom. The van der Waals surface area contributed by atoms with Gasteiger partial charge in [-0.25, -0.2) is 9.97 Å². The summed E-state index contributed by atoms with van der Waals surface area (Å²) in [5.74, 6) is 0.669. The lowest BCUT2D eigenvalue weighted by molar-refractivity contribution is 0.597. The zero-order valence-electron chi connectivity index (χ0n) is 12.1. The summed E-state index contributed by atoms with van der Waals surface area (Å²) >= 11 is 5.82. The van der Waals surface area contributed by atoms with E-state index in [1.165, 1.54) is 12.4 Å². The van der Waals surface area contributed by atoms with Crippen LogP contribution in [0.4, 0.5) is 5.69 Å². The number of sulfonamides is 1. The van der Waals surface area contributed by atoms with Gasteiger partial charge in [-0.3, -0.25) is 4.72 Å². The lowest BCUT2D eigenvalue weighted by Gasteiger charge is -2.06. The normalized spacial score (nSPS) is 11.6. The van der Waals surface area contributed by atoms with Gasteiger partial charge < -0.3 is 4.57 Å². The van der Waals surface area contributed by atoms with Crippen molar-refractivity contribution < 1.29 is 8.42 Å². The van der Waals surface area contributed by atoms with Crippen molar-refractivity contribution in [2.24, 2.45) is 0 Å². The number of nitrogens with zero attached hydrogens (tertiary/aromatic N) is 3. The number of imidazole rings is 1. The number of aryl methyl sites for hydroxylation is 3. The van der Waals surface area contributed by atoms with Crippen LogP contribution in [0.2, 0.25) is 5.15 Å². The summed E-state index contributed by atoms with van der Waals surface area (Å²) in [5.41, 5.74) is 1.06. The van der Waals surface area contributed by atoms with Crippen molar-refractivity contribution in [1.82, 2.24) is 14.5 Å². The number of halogens is 1. The highest BCUT2D eigenvalue weighted by Gasteiger charge is 2.19. The molecule has 0 aromatic carbocycles. The van der Waals surface area contributed by atoms with Gasteiger partial charge in [0.1, 0.15) is 11.0 Å². The van der Waals surface area contributed by atoms with Crippen molar-refractivity contribution in [1.29, 1.82) is 0 Å². The van der Waals surface area contributed by atoms with Crippen LogP contribution in [-0.2, 0) is 16.6 Å². The van der Waals surface area contributed by atoms with E-state index in [4.69, 9.17) is 11.6 Å². The van der Waals surface area contributed by atoms with E-state index in [2.05, 4.69) is 14.7 Å². The van der Waals surface area contributed by atoms with Crippen LogP contribution in [0.5, 0.6) is 0 Å². The fourth-order valence-corrected chi connectivity index (χ4v) is 3.05. The van der Waals surface area contributed by atoms with Crippen LogP contribution in [0, 0.1) is 13.8 Å². The Hall–Kier alpha value is -1.60. The number of rotatable bonds is 5. The minimum Gasteiger partial charge on any atom is -0.334 e. The highest BCUT2D eigenvalue weighted by Crippen LogP contribution is 2.19. The molecule has 6 nitrogen and oxygen atoms in total. The molecule has 2 heterocycles. The van der Waals surface area contributed by atoms with Crippen molar-refractivity contribution in [3.8, 4) is 0 Å². The summed E-state index contributed by atoms with van der Waals surface area (Å²) < 4.78 is 28.9. The first-order chi connectivity index (χ1) is 9.83. The van der Waals surface area contributed by atoms with Crippen molar-refractivity contribution in [2.45, 2.75) is 38.8 Å². The molecule has 0 spiro atoms. The van der Waals surface area contributed by atoms with Gasteiger partial charge in [0.15, 0.2) is 5.03 Å². The maximum Gasteiger partial charge on any atom is 0.281 e. The van der Waals surface area contributed by atoms with E-state index in [-0.39, 0.29) is 5.03 Å². The molecule has 0 bridgehead atoms. The quantitative estimate of drug-likeness (QED) is 0.856. The van der Waals surface area contributed by atoms with Gasteiger partial charge in [-0.05, 0) is 31.9 Å². The molecule has 0 fully saturated rings. The smallest absolute Gasteiger partial charge is 0.281 e. The molecule has 21 heavy (non-hydrogen) atoms. The van der Waals surface area contributed by atoms with E-state index in [0.29, 0.717) is 22.2 Å². The molecule has 0 aliphatic carbocycles. The minimum atomic E-state index is -3.73. The molecular formula is C13H17ClN4O2S. The molecule has 2 aromatic heterocycles. The van der Waals surface area contributed by atoms with E-state index in [0.717, 1.165) is 13.0 Å². The molecule has 0 saturated heterocycles. The number of nitrogens with one attached hydrogen (secondary N) is 1. The van der Waals surface area contributed by atoms with Crippen LogP contribution < -0.4 is 4.72 Å². The average Bonchev–Trinajstić information content (AvgIpc) is 2.77. The molecule has 0 saturated carbocycles. The van der Waals surface area contributed by atoms with Crippen LogP contribution in [0.25, 0.3) is 0 Å². The molecule has 114 valence electrons. The first-order valence-corrected chi connectivity index (χ1v) is 8.38. The van der Waals surface area contributed by atoms with Crippen LogP contribution in [-0.4, -0.2) is 23.0 Å². The molecule has 2 rings (SSSR count). The third-order valence-electron chi connectivity index (χ3n) is 2.96. The van der Waals surface area contributed by atoms with Crippen molar-refractivity contribution >= 4 is 27.3 Å². The van der Waals surface area contributed by atoms with Crippen LogP contribution in [0.3, 0.4) is 0 Å². The second kappa shape index (κ2) is 6.03. The van der Waals surface area contributed by atoms with Gasteiger partial charge in [0.25, 0.3) is 10.0 Å². The molecular weight excluding hydrogens is 312 g/mol. The second-order valence-corrected chi connectivity index (χ2v) is 6.74. The number of anilines is 1. The van der Waals surface area contributed by atoms with Gasteiger partial charge in [-0.2, -0.15) is 8.42 Å². The van der Waals surface area contributed by atoms with Crippen molar-refractivity contribution in [2.75, 3.05) is 4.72 Å². The summed E-state index contributed by atoms with van der Waals surface area (Å²) in [6.07, 6.45) is 3.82. The average molecular weight is 329 g/mol. The van der Waals surface area contributed by atoms with Gasteiger partial charge in [0, 0.05) is 12.7 Å². The molecule has 2 aromatic rings. The Morgan fingerprint density at radius 2 is 2.10 bits per heavy atom. The fourth-order valence-electron chi connectivity index (χ4n) is 1.90. The molecule has 0 radical (unpaired) electrons. The maximum absolute atomic E-state index is 12.3. The number of pyridine rings is 1. The minimum absolute atomic E-state index is 0.000975. The van der Waals surface area contributed by atoms with Gasteiger partial charge >= 0.3 is 0 Å². The fraction of sp³-hybridized carbons (Fsp3) is 0.385. The lowest BCUT2D eigenvalue weighted by atomic mass is 10.3. The Labute approximate surface area is 129 Å². The van der Waals surface area contributed by atoms with Crippen LogP contribution >= 0.6 is 11.6 Å². The Balaban J connectivity index is 2.29. The van der Waals surface area contributed by atoms with E-state index in [1.54, 1.807) is 19.9 Å². The summed E-state index contributed by atoms with van der Waals surface area (Å²) in [5, 5.41) is 0.349. The molecule has 0 aliphatic rings. The first-order valence-electron chi connectivity index (χ1n) is 6.52. The predicted octanol–water partition coefficient (Wildman–Crippen LogP) is 2.76. The zero-order valence-corrected chi connectivity index (χ0v) is 13.7. The van der Waals surface area contributed by atoms with Gasteiger partial charge in [0.05, 0.1) is 11.9 Å². The highest BCUT2D eigenvalue weighted by molar-refractivity contribution is 7.92. The predicted molar refractivity (Wildman–Crippen MR) is 82.0 cm³/mol. The van der Waals surface area contributed by atoms with Gasteiger partial charge in [-0.1, -0.05) is 18.5 Å². The Bertz CT molecular complexity index is 756. The SMILES string of the molecule is CCCn1cc(S(=O)(=O)Nc2cnc(Cl)c(C)c2)nc1C. The molecule has 0 amide bonds. The van der Waals surface area contributed by atoms with Crippen LogP contribution in [0.1, 0.15) is 24.7 Å². The number of hydrogen-bond acceptors (Lipinski definition) is 4. The van der Waals surface area contributed by atoms with Crippen molar-refractivity contribution in [3.63, 3.8) is 0 Å². The first kappa shape index (κ1) is 15.8.